The molecular formula is C34H50N4O8Si. The van der Waals surface area contributed by atoms with E-state index in [9.17, 15) is 25.3 Å². The number of nitrogens with zero attached hydrogens (tertiary/aromatic N) is 4. The van der Waals surface area contributed by atoms with Gasteiger partial charge in [0.1, 0.15) is 12.4 Å². The molecule has 4 heterocycles. The Bertz CT molecular complexity index is 1430. The molecule has 2 aromatic rings. The van der Waals surface area contributed by atoms with E-state index in [2.05, 4.69) is 50.8 Å². The summed E-state index contributed by atoms with van der Waals surface area (Å²) in [5, 5.41) is 32.9. The number of pyridine rings is 2. The van der Waals surface area contributed by atoms with Crippen LogP contribution in [-0.2, 0) is 13.9 Å². The van der Waals surface area contributed by atoms with Gasteiger partial charge in [-0.2, -0.15) is 0 Å². The van der Waals surface area contributed by atoms with Crippen molar-refractivity contribution in [3.63, 3.8) is 0 Å². The third kappa shape index (κ3) is 8.07. The zero-order chi connectivity index (χ0) is 34.3. The number of nitro groups is 2. The molecule has 0 unspecified atom stereocenters. The minimum Gasteiger partial charge on any atom is -0.411 e. The van der Waals surface area contributed by atoms with Crippen molar-refractivity contribution >= 4 is 19.7 Å². The number of rotatable bonds is 8. The van der Waals surface area contributed by atoms with Crippen LogP contribution in [0.25, 0.3) is 0 Å². The Labute approximate surface area is 278 Å². The molecule has 12 nitrogen and oxygen atoms in total. The van der Waals surface area contributed by atoms with Crippen LogP contribution in [0.3, 0.4) is 0 Å². The lowest BCUT2D eigenvalue weighted by Crippen LogP contribution is -2.52. The second-order valence-electron chi connectivity index (χ2n) is 15.5. The first-order valence-electron chi connectivity index (χ1n) is 16.9. The van der Waals surface area contributed by atoms with E-state index < -0.39 is 19.3 Å². The Hall–Kier alpha value is -2.84. The van der Waals surface area contributed by atoms with Gasteiger partial charge in [-0.3, -0.25) is 30.2 Å². The van der Waals surface area contributed by atoms with Gasteiger partial charge >= 0.3 is 0 Å². The average Bonchev–Trinajstić information content (AvgIpc) is 3.93. The van der Waals surface area contributed by atoms with E-state index in [4.69, 9.17) is 13.9 Å². The fourth-order valence-corrected chi connectivity index (χ4v) is 8.01. The minimum absolute atomic E-state index is 0.00404. The van der Waals surface area contributed by atoms with Crippen LogP contribution in [0.1, 0.15) is 96.5 Å². The molecular weight excluding hydrogens is 620 g/mol. The van der Waals surface area contributed by atoms with E-state index >= 15 is 0 Å². The van der Waals surface area contributed by atoms with Crippen molar-refractivity contribution < 1.29 is 28.9 Å². The number of ether oxygens (including phenoxy) is 2. The highest BCUT2D eigenvalue weighted by Crippen LogP contribution is 2.50. The topological polar surface area (TPSA) is 160 Å². The van der Waals surface area contributed by atoms with Gasteiger partial charge in [0.25, 0.3) is 11.4 Å². The van der Waals surface area contributed by atoms with Gasteiger partial charge in [-0.05, 0) is 92.5 Å². The second-order valence-corrected chi connectivity index (χ2v) is 20.3. The van der Waals surface area contributed by atoms with Crippen molar-refractivity contribution in [1.82, 2.24) is 9.97 Å². The lowest BCUT2D eigenvalue weighted by molar-refractivity contribution is -0.387. The monoisotopic (exact) mass is 670 g/mol. The van der Waals surface area contributed by atoms with Crippen LogP contribution < -0.4 is 0 Å². The van der Waals surface area contributed by atoms with Crippen molar-refractivity contribution in [1.29, 1.82) is 0 Å². The van der Waals surface area contributed by atoms with E-state index in [1.807, 2.05) is 6.92 Å². The molecule has 13 heteroatoms. The van der Waals surface area contributed by atoms with Gasteiger partial charge in [0, 0.05) is 12.4 Å². The van der Waals surface area contributed by atoms with Crippen LogP contribution in [0.15, 0.2) is 36.9 Å². The number of aliphatic hydroxyl groups is 1. The number of hydrogen-bond acceptors (Lipinski definition) is 10. The van der Waals surface area contributed by atoms with E-state index in [-0.39, 0.29) is 63.7 Å². The molecule has 4 aliphatic rings. The van der Waals surface area contributed by atoms with Gasteiger partial charge in [-0.1, -0.05) is 34.6 Å². The summed E-state index contributed by atoms with van der Waals surface area (Å²) in [5.41, 5.74) is 1.25. The summed E-state index contributed by atoms with van der Waals surface area (Å²) in [4.78, 5) is 29.5. The fraction of sp³-hybridized carbons (Fsp3) is 0.706. The highest BCUT2D eigenvalue weighted by atomic mass is 28.4. The Morgan fingerprint density at radius 1 is 0.830 bits per heavy atom. The van der Waals surface area contributed by atoms with Crippen molar-refractivity contribution in [3.05, 3.63) is 68.3 Å². The lowest BCUT2D eigenvalue weighted by atomic mass is 9.86. The summed E-state index contributed by atoms with van der Waals surface area (Å²) in [6, 6.07) is 3.38. The average molecular weight is 671 g/mol. The lowest BCUT2D eigenvalue weighted by Gasteiger charge is -2.47. The summed E-state index contributed by atoms with van der Waals surface area (Å²) >= 11 is 0. The van der Waals surface area contributed by atoms with Gasteiger partial charge < -0.3 is 19.0 Å². The first-order chi connectivity index (χ1) is 22.1. The maximum atomic E-state index is 11.4. The molecule has 2 aliphatic heterocycles. The SMILES string of the molecule is C[C@@H]1C[C@H](c2ccncc2[N+](=O)[O-])O[C@H](C2CC2)[C@H]1O.C[C@H]1C[C@H](c2ccncc2[N+](=O)[O-])O[C@H](C2CC2)[C@H]1O[Si](C)(C)C(C)(C)C. The normalized spacial score (nSPS) is 31.4. The smallest absolute Gasteiger partial charge is 0.293 e. The summed E-state index contributed by atoms with van der Waals surface area (Å²) in [6.07, 6.45) is 10.3. The second kappa shape index (κ2) is 13.9. The van der Waals surface area contributed by atoms with Crippen molar-refractivity contribution in [2.45, 2.75) is 128 Å². The number of hydrogen-bond donors (Lipinski definition) is 1. The quantitative estimate of drug-likeness (QED) is 0.169. The Morgan fingerprint density at radius 3 is 1.72 bits per heavy atom. The van der Waals surface area contributed by atoms with Gasteiger partial charge in [-0.15, -0.1) is 0 Å². The number of aromatic nitrogens is 2. The van der Waals surface area contributed by atoms with Crippen LogP contribution in [0, 0.1) is 43.9 Å². The van der Waals surface area contributed by atoms with Crippen molar-refractivity contribution in [2.75, 3.05) is 0 Å². The summed E-state index contributed by atoms with van der Waals surface area (Å²) in [7, 11) is -1.92. The first kappa shape index (κ1) is 35.5. The van der Waals surface area contributed by atoms with Crippen LogP contribution in [0.5, 0.6) is 0 Å². The molecule has 0 bridgehead atoms. The van der Waals surface area contributed by atoms with E-state index in [0.717, 1.165) is 32.1 Å². The maximum absolute atomic E-state index is 11.4. The third-order valence-corrected chi connectivity index (χ3v) is 15.3. The zero-order valence-corrected chi connectivity index (χ0v) is 29.6. The standard InChI is InChI=1S/C20H32N2O4Si.C14H18N2O4/c1-13-11-17(15-9-10-21-12-16(15)22(23)24)25-19(14-7-8-14)18(13)26-27(5,6)20(2,3)4;1-8-6-12(20-14(13(8)17)9-2-3-9)10-4-5-15-7-11(10)16(18)19/h9-10,12-14,17-19H,7-8,11H2,1-6H3;4-5,7-9,12-14,17H,2-3,6H2,1H3/t13-,17+,18-,19+;8-,12-,13+,14-/m01/s1. The Kier molecular flexibility index (Phi) is 10.5. The summed E-state index contributed by atoms with van der Waals surface area (Å²) in [5.74, 6) is 1.27. The van der Waals surface area contributed by atoms with Gasteiger partial charge in [0.15, 0.2) is 8.32 Å². The van der Waals surface area contributed by atoms with Crippen LogP contribution in [0.4, 0.5) is 11.4 Å². The molecule has 0 amide bonds. The first-order valence-corrected chi connectivity index (χ1v) is 19.8. The molecule has 2 saturated carbocycles. The molecule has 1 N–H and O–H groups in total. The van der Waals surface area contributed by atoms with Gasteiger partial charge in [0.2, 0.25) is 0 Å². The Balaban J connectivity index is 0.000000193. The molecule has 2 saturated heterocycles. The van der Waals surface area contributed by atoms with Crippen LogP contribution in [-0.4, -0.2) is 57.7 Å². The van der Waals surface area contributed by atoms with Crippen LogP contribution >= 0.6 is 0 Å². The summed E-state index contributed by atoms with van der Waals surface area (Å²) in [6.45, 7) is 15.5. The highest BCUT2D eigenvalue weighted by Gasteiger charge is 2.50. The summed E-state index contributed by atoms with van der Waals surface area (Å²) < 4.78 is 19.3. The Morgan fingerprint density at radius 2 is 1.28 bits per heavy atom. The van der Waals surface area contributed by atoms with E-state index in [1.165, 1.54) is 12.4 Å². The number of aliphatic hydroxyl groups excluding tert-OH is 1. The van der Waals surface area contributed by atoms with Crippen molar-refractivity contribution in [2.24, 2.45) is 23.7 Å². The fourth-order valence-electron chi connectivity index (χ4n) is 6.61. The molecule has 4 fully saturated rings. The van der Waals surface area contributed by atoms with Crippen molar-refractivity contribution in [3.8, 4) is 0 Å². The molecule has 0 spiro atoms. The predicted molar refractivity (Wildman–Crippen MR) is 178 cm³/mol. The van der Waals surface area contributed by atoms with Gasteiger partial charge in [0.05, 0.1) is 57.6 Å². The largest absolute Gasteiger partial charge is 0.411 e. The van der Waals surface area contributed by atoms with Gasteiger partial charge in [-0.25, -0.2) is 0 Å². The maximum Gasteiger partial charge on any atom is 0.293 e. The molecule has 2 aromatic heterocycles. The molecule has 258 valence electrons. The minimum atomic E-state index is -1.92. The predicted octanol–water partition coefficient (Wildman–Crippen LogP) is 7.48. The molecule has 8 atom stereocenters. The molecule has 2 aliphatic carbocycles. The van der Waals surface area contributed by atoms with E-state index in [1.54, 1.807) is 24.5 Å². The molecule has 0 aromatic carbocycles. The van der Waals surface area contributed by atoms with E-state index in [0.29, 0.717) is 29.4 Å². The third-order valence-electron chi connectivity index (χ3n) is 10.8. The molecule has 6 rings (SSSR count). The zero-order valence-electron chi connectivity index (χ0n) is 28.6. The van der Waals surface area contributed by atoms with Crippen LogP contribution in [0.2, 0.25) is 18.1 Å². The molecule has 47 heavy (non-hydrogen) atoms. The molecule has 0 radical (unpaired) electrons. The highest BCUT2D eigenvalue weighted by molar-refractivity contribution is 6.74.